The molecule has 1 N–H and O–H groups in total. The monoisotopic (exact) mass is 427 g/mol. The Balaban J connectivity index is 1.93. The predicted octanol–water partition coefficient (Wildman–Crippen LogP) is 4.18. The number of benzene rings is 1. The van der Waals surface area contributed by atoms with Crippen LogP contribution in [0.4, 0.5) is 0 Å². The van der Waals surface area contributed by atoms with Crippen molar-refractivity contribution in [1.29, 1.82) is 0 Å². The van der Waals surface area contributed by atoms with Gasteiger partial charge < -0.3 is 18.8 Å². The fraction of sp³-hybridized carbons (Fsp3) is 0.238. The molecule has 0 aliphatic heterocycles. The van der Waals surface area contributed by atoms with Crippen LogP contribution in [0.15, 0.2) is 44.9 Å². The largest absolute Gasteiger partial charge is 0.477 e. The molecule has 1 aromatic carbocycles. The van der Waals surface area contributed by atoms with Gasteiger partial charge in [-0.3, -0.25) is 0 Å². The van der Waals surface area contributed by atoms with Crippen molar-refractivity contribution in [3.05, 3.63) is 63.6 Å². The number of carboxylic acid groups (broad SMARTS) is 1. The predicted molar refractivity (Wildman–Crippen MR) is 112 cm³/mol. The number of esters is 1. The molecule has 0 fully saturated rings. The van der Waals surface area contributed by atoms with E-state index >= 15 is 0 Å². The van der Waals surface area contributed by atoms with Crippen LogP contribution >= 0.6 is 11.8 Å². The Labute approximate surface area is 177 Å². The average Bonchev–Trinajstić information content (AvgIpc) is 3.23. The normalized spacial score (nSPS) is 11.5. The average molecular weight is 427 g/mol. The Morgan fingerprint density at radius 3 is 2.47 bits per heavy atom. The summed E-state index contributed by atoms with van der Waals surface area (Å²) in [6, 6.07) is 8.97. The highest BCUT2D eigenvalue weighted by molar-refractivity contribution is 8.03. The van der Waals surface area contributed by atoms with Gasteiger partial charge in [-0.2, -0.15) is 0 Å². The zero-order valence-corrected chi connectivity index (χ0v) is 17.8. The summed E-state index contributed by atoms with van der Waals surface area (Å²) in [5, 5.41) is 17.3. The molecular weight excluding hydrogens is 406 g/mol. The Hall–Kier alpha value is -3.33. The van der Waals surface area contributed by atoms with Crippen molar-refractivity contribution in [1.82, 2.24) is 14.8 Å². The van der Waals surface area contributed by atoms with Crippen LogP contribution in [-0.2, 0) is 9.53 Å². The summed E-state index contributed by atoms with van der Waals surface area (Å²) in [5.74, 6) is -1.08. The van der Waals surface area contributed by atoms with E-state index in [-0.39, 0.29) is 16.1 Å². The third-order valence-corrected chi connectivity index (χ3v) is 5.16. The lowest BCUT2D eigenvalue weighted by Gasteiger charge is -2.10. The van der Waals surface area contributed by atoms with Crippen molar-refractivity contribution < 1.29 is 23.8 Å². The van der Waals surface area contributed by atoms with Crippen molar-refractivity contribution in [2.24, 2.45) is 0 Å². The van der Waals surface area contributed by atoms with E-state index in [9.17, 15) is 14.7 Å². The number of hydrogen-bond donors (Lipinski definition) is 1. The molecule has 0 aliphatic rings. The van der Waals surface area contributed by atoms with Gasteiger partial charge >= 0.3 is 11.9 Å². The van der Waals surface area contributed by atoms with E-state index in [1.165, 1.54) is 0 Å². The molecule has 2 heterocycles. The van der Waals surface area contributed by atoms with Crippen molar-refractivity contribution in [3.8, 4) is 5.69 Å². The molecule has 30 heavy (non-hydrogen) atoms. The number of aryl methyl sites for hydroxylation is 2. The molecular formula is C21H21N3O5S. The van der Waals surface area contributed by atoms with E-state index in [1.807, 2.05) is 36.6 Å². The number of carbonyl (C=O) groups excluding carboxylic acids is 1. The number of aromatic nitrogens is 3. The lowest BCUT2D eigenvalue weighted by molar-refractivity contribution is -0.131. The summed E-state index contributed by atoms with van der Waals surface area (Å²) in [4.78, 5) is 23.6. The van der Waals surface area contributed by atoms with Gasteiger partial charge in [0, 0.05) is 24.0 Å². The van der Waals surface area contributed by atoms with Crippen molar-refractivity contribution in [3.63, 3.8) is 0 Å². The Morgan fingerprint density at radius 2 is 1.90 bits per heavy atom. The number of carboxylic acids is 1. The third-order valence-electron chi connectivity index (χ3n) is 4.31. The van der Waals surface area contributed by atoms with E-state index in [1.54, 1.807) is 32.1 Å². The van der Waals surface area contributed by atoms with E-state index < -0.39 is 5.97 Å². The second-order valence-electron chi connectivity index (χ2n) is 6.43. The second-order valence-corrected chi connectivity index (χ2v) is 7.43. The molecule has 3 rings (SSSR count). The Kier molecular flexibility index (Phi) is 6.41. The number of hydrogen-bond acceptors (Lipinski definition) is 7. The highest BCUT2D eigenvalue weighted by Gasteiger charge is 2.17. The van der Waals surface area contributed by atoms with Crippen LogP contribution in [0, 0.1) is 20.8 Å². The molecule has 0 amide bonds. The maximum atomic E-state index is 11.9. The highest BCUT2D eigenvalue weighted by atomic mass is 32.2. The van der Waals surface area contributed by atoms with Crippen LogP contribution in [0.5, 0.6) is 0 Å². The molecule has 0 unspecified atom stereocenters. The molecule has 0 spiro atoms. The standard InChI is InChI=1S/C21H21N3O5S/c1-5-28-20(27)15-6-8-17(9-7-15)24-12(2)10-16(13(24)3)11-18(19(25)26)30-21-23-22-14(4)29-21/h6-11H,5H2,1-4H3,(H,25,26)/b18-11-. The highest BCUT2D eigenvalue weighted by Crippen LogP contribution is 2.30. The molecule has 0 saturated carbocycles. The van der Waals surface area contributed by atoms with Crippen LogP contribution in [0.1, 0.15) is 40.1 Å². The number of ether oxygens (including phenoxy) is 1. The fourth-order valence-corrected chi connectivity index (χ4v) is 3.69. The van der Waals surface area contributed by atoms with E-state index in [0.717, 1.165) is 34.4 Å². The van der Waals surface area contributed by atoms with Crippen molar-refractivity contribution >= 4 is 29.8 Å². The molecule has 3 aromatic rings. The van der Waals surface area contributed by atoms with Crippen molar-refractivity contribution in [2.45, 2.75) is 32.9 Å². The minimum absolute atomic E-state index is 0.0663. The van der Waals surface area contributed by atoms with Gasteiger partial charge in [-0.05, 0) is 74.5 Å². The summed E-state index contributed by atoms with van der Waals surface area (Å²) in [6.45, 7) is 7.55. The number of rotatable bonds is 7. The topological polar surface area (TPSA) is 107 Å². The van der Waals surface area contributed by atoms with Crippen molar-refractivity contribution in [2.75, 3.05) is 6.61 Å². The van der Waals surface area contributed by atoms with Gasteiger partial charge in [0.1, 0.15) is 4.91 Å². The van der Waals surface area contributed by atoms with Crippen LogP contribution in [0.3, 0.4) is 0 Å². The zero-order chi connectivity index (χ0) is 21.8. The van der Waals surface area contributed by atoms with Crippen LogP contribution in [-0.4, -0.2) is 38.4 Å². The summed E-state index contributed by atoms with van der Waals surface area (Å²) in [5.41, 5.74) is 3.86. The summed E-state index contributed by atoms with van der Waals surface area (Å²) < 4.78 is 12.3. The smallest absolute Gasteiger partial charge is 0.342 e. The number of carbonyl (C=O) groups is 2. The number of aliphatic carboxylic acids is 1. The van der Waals surface area contributed by atoms with Gasteiger partial charge in [-0.1, -0.05) is 0 Å². The minimum Gasteiger partial charge on any atom is -0.477 e. The molecule has 0 aliphatic carbocycles. The van der Waals surface area contributed by atoms with Gasteiger partial charge in [-0.15, -0.1) is 10.2 Å². The van der Waals surface area contributed by atoms with Gasteiger partial charge in [-0.25, -0.2) is 9.59 Å². The second kappa shape index (κ2) is 9.00. The maximum Gasteiger partial charge on any atom is 0.342 e. The lowest BCUT2D eigenvalue weighted by atomic mass is 10.2. The number of thioether (sulfide) groups is 1. The maximum absolute atomic E-state index is 11.9. The van der Waals surface area contributed by atoms with Crippen LogP contribution in [0.2, 0.25) is 0 Å². The molecule has 2 aromatic heterocycles. The molecule has 156 valence electrons. The molecule has 9 heteroatoms. The lowest BCUT2D eigenvalue weighted by Crippen LogP contribution is -2.05. The molecule has 0 bridgehead atoms. The zero-order valence-electron chi connectivity index (χ0n) is 17.0. The first kappa shape index (κ1) is 21.4. The molecule has 8 nitrogen and oxygen atoms in total. The first-order valence-corrected chi connectivity index (χ1v) is 10.0. The summed E-state index contributed by atoms with van der Waals surface area (Å²) in [7, 11) is 0. The number of nitrogens with zero attached hydrogens (tertiary/aromatic N) is 3. The van der Waals surface area contributed by atoms with Crippen LogP contribution in [0.25, 0.3) is 11.8 Å². The van der Waals surface area contributed by atoms with Gasteiger partial charge in [0.15, 0.2) is 0 Å². The fourth-order valence-electron chi connectivity index (χ4n) is 2.98. The Morgan fingerprint density at radius 1 is 1.20 bits per heavy atom. The summed E-state index contributed by atoms with van der Waals surface area (Å²) >= 11 is 0.903. The quantitative estimate of drug-likeness (QED) is 0.340. The summed E-state index contributed by atoms with van der Waals surface area (Å²) in [6.07, 6.45) is 1.58. The molecule has 0 atom stereocenters. The Bertz CT molecular complexity index is 1110. The van der Waals surface area contributed by atoms with Gasteiger partial charge in [0.05, 0.1) is 12.2 Å². The minimum atomic E-state index is -1.08. The SMILES string of the molecule is CCOC(=O)c1ccc(-n2c(C)cc(/C=C(\Sc3nnc(C)o3)C(=O)O)c2C)cc1. The van der Waals surface area contributed by atoms with E-state index in [2.05, 4.69) is 10.2 Å². The third kappa shape index (κ3) is 4.62. The van der Waals surface area contributed by atoms with Gasteiger partial charge in [0.2, 0.25) is 5.89 Å². The van der Waals surface area contributed by atoms with E-state index in [4.69, 9.17) is 9.15 Å². The first-order chi connectivity index (χ1) is 14.3. The van der Waals surface area contributed by atoms with Crippen LogP contribution < -0.4 is 0 Å². The van der Waals surface area contributed by atoms with Gasteiger partial charge in [0.25, 0.3) is 5.22 Å². The first-order valence-electron chi connectivity index (χ1n) is 9.19. The van der Waals surface area contributed by atoms with E-state index in [0.29, 0.717) is 18.1 Å². The molecule has 0 radical (unpaired) electrons. The molecule has 0 saturated heterocycles.